The van der Waals surface area contributed by atoms with E-state index in [0.29, 0.717) is 22.9 Å². The maximum Gasteiger partial charge on any atom is 0.363 e. The number of nitrogens with one attached hydrogen (secondary N) is 1. The molecule has 27 heavy (non-hydrogen) atoms. The van der Waals surface area contributed by atoms with Crippen LogP contribution in [0.4, 0.5) is 4.79 Å². The standard InChI is InChI=1S/C17H15ClN4O5/c1-10-8-13(23)15(20-22(10)12-4-2-11(18)3-5-12)16(25)27-9-14(24)21-7-6-19-17(21)26/h2-5,8H,6-7,9H2,1H3,(H,19,26). The van der Waals surface area contributed by atoms with Crippen molar-refractivity contribution in [2.24, 2.45) is 0 Å². The fraction of sp³-hybridized carbons (Fsp3) is 0.235. The lowest BCUT2D eigenvalue weighted by atomic mass is 10.3. The van der Waals surface area contributed by atoms with Crippen LogP contribution in [0.25, 0.3) is 5.69 Å². The van der Waals surface area contributed by atoms with Crippen molar-refractivity contribution in [3.63, 3.8) is 0 Å². The summed E-state index contributed by atoms with van der Waals surface area (Å²) >= 11 is 5.86. The SMILES string of the molecule is Cc1cc(=O)c(C(=O)OCC(=O)N2CCNC2=O)nn1-c1ccc(Cl)cc1. The van der Waals surface area contributed by atoms with Crippen LogP contribution in [-0.4, -0.2) is 52.3 Å². The maximum absolute atomic E-state index is 12.2. The van der Waals surface area contributed by atoms with Crippen molar-refractivity contribution in [2.45, 2.75) is 6.92 Å². The Labute approximate surface area is 158 Å². The number of hydrogen-bond donors (Lipinski definition) is 1. The highest BCUT2D eigenvalue weighted by Crippen LogP contribution is 2.14. The van der Waals surface area contributed by atoms with E-state index in [1.54, 1.807) is 31.2 Å². The summed E-state index contributed by atoms with van der Waals surface area (Å²) in [6.07, 6.45) is 0. The van der Waals surface area contributed by atoms with Gasteiger partial charge in [-0.15, -0.1) is 0 Å². The number of aromatic nitrogens is 2. The number of esters is 1. The lowest BCUT2D eigenvalue weighted by Crippen LogP contribution is -2.37. The molecule has 140 valence electrons. The van der Waals surface area contributed by atoms with Crippen molar-refractivity contribution in [2.75, 3.05) is 19.7 Å². The number of amides is 3. The molecule has 0 aliphatic carbocycles. The number of benzene rings is 1. The lowest BCUT2D eigenvalue weighted by molar-refractivity contribution is -0.130. The predicted molar refractivity (Wildman–Crippen MR) is 95.0 cm³/mol. The first-order valence-corrected chi connectivity index (χ1v) is 8.37. The van der Waals surface area contributed by atoms with Crippen molar-refractivity contribution in [1.29, 1.82) is 0 Å². The summed E-state index contributed by atoms with van der Waals surface area (Å²) in [4.78, 5) is 48.6. The zero-order valence-corrected chi connectivity index (χ0v) is 15.0. The Morgan fingerprint density at radius 3 is 2.59 bits per heavy atom. The number of hydrogen-bond acceptors (Lipinski definition) is 6. The number of urea groups is 1. The molecular weight excluding hydrogens is 376 g/mol. The molecule has 1 saturated heterocycles. The van der Waals surface area contributed by atoms with Crippen molar-refractivity contribution in [3.05, 3.63) is 57.0 Å². The van der Waals surface area contributed by atoms with Gasteiger partial charge in [0.25, 0.3) is 5.91 Å². The van der Waals surface area contributed by atoms with E-state index in [0.717, 1.165) is 4.90 Å². The highest BCUT2D eigenvalue weighted by molar-refractivity contribution is 6.30. The number of rotatable bonds is 4. The van der Waals surface area contributed by atoms with Gasteiger partial charge in [-0.05, 0) is 31.2 Å². The van der Waals surface area contributed by atoms with Gasteiger partial charge in [0.2, 0.25) is 11.1 Å². The molecule has 2 heterocycles. The van der Waals surface area contributed by atoms with Crippen LogP contribution in [0.2, 0.25) is 5.02 Å². The van der Waals surface area contributed by atoms with Gasteiger partial charge in [-0.1, -0.05) is 11.6 Å². The molecule has 1 N–H and O–H groups in total. The van der Waals surface area contributed by atoms with Gasteiger partial charge in [0.1, 0.15) is 0 Å². The highest BCUT2D eigenvalue weighted by Gasteiger charge is 2.27. The molecule has 0 atom stereocenters. The normalized spacial score (nSPS) is 13.4. The van der Waals surface area contributed by atoms with E-state index in [1.807, 2.05) is 0 Å². The van der Waals surface area contributed by atoms with Gasteiger partial charge in [0.15, 0.2) is 6.61 Å². The highest BCUT2D eigenvalue weighted by atomic mass is 35.5. The Balaban J connectivity index is 1.79. The summed E-state index contributed by atoms with van der Waals surface area (Å²) in [5.41, 5.74) is 0.00255. The van der Waals surface area contributed by atoms with Crippen molar-refractivity contribution < 1.29 is 19.1 Å². The average Bonchev–Trinajstić information content (AvgIpc) is 3.06. The molecule has 1 fully saturated rings. The van der Waals surface area contributed by atoms with E-state index in [-0.39, 0.29) is 6.54 Å². The van der Waals surface area contributed by atoms with Gasteiger partial charge in [-0.25, -0.2) is 14.3 Å². The monoisotopic (exact) mass is 390 g/mol. The maximum atomic E-state index is 12.2. The van der Waals surface area contributed by atoms with Gasteiger partial charge in [0, 0.05) is 29.9 Å². The minimum Gasteiger partial charge on any atom is -0.451 e. The molecule has 0 spiro atoms. The summed E-state index contributed by atoms with van der Waals surface area (Å²) in [6.45, 7) is 1.53. The van der Waals surface area contributed by atoms with Crippen LogP contribution in [0, 0.1) is 6.92 Å². The summed E-state index contributed by atoms with van der Waals surface area (Å²) in [5.74, 6) is -1.72. The lowest BCUT2D eigenvalue weighted by Gasteiger charge is -2.13. The Morgan fingerprint density at radius 1 is 1.26 bits per heavy atom. The van der Waals surface area contributed by atoms with Gasteiger partial charge >= 0.3 is 12.0 Å². The Kier molecular flexibility index (Phi) is 5.22. The molecule has 2 aromatic rings. The molecule has 0 unspecified atom stereocenters. The third-order valence-electron chi connectivity index (χ3n) is 3.86. The van der Waals surface area contributed by atoms with E-state index in [9.17, 15) is 19.2 Å². The molecule has 3 amide bonds. The number of nitrogens with zero attached hydrogens (tertiary/aromatic N) is 3. The molecule has 1 aromatic carbocycles. The number of halogens is 1. The second-order valence-corrected chi connectivity index (χ2v) is 6.18. The fourth-order valence-corrected chi connectivity index (χ4v) is 2.64. The zero-order chi connectivity index (χ0) is 19.6. The van der Waals surface area contributed by atoms with Crippen LogP contribution >= 0.6 is 11.6 Å². The summed E-state index contributed by atoms with van der Waals surface area (Å²) in [6, 6.07) is 7.35. The number of aryl methyl sites for hydroxylation is 1. The van der Waals surface area contributed by atoms with Gasteiger partial charge < -0.3 is 10.1 Å². The molecule has 10 heteroatoms. The molecule has 0 saturated carbocycles. The minimum atomic E-state index is -1.05. The van der Waals surface area contributed by atoms with E-state index in [1.165, 1.54) is 10.7 Å². The smallest absolute Gasteiger partial charge is 0.363 e. The largest absolute Gasteiger partial charge is 0.451 e. The van der Waals surface area contributed by atoms with Crippen LogP contribution in [0.5, 0.6) is 0 Å². The molecule has 0 radical (unpaired) electrons. The predicted octanol–water partition coefficient (Wildman–Crippen LogP) is 0.903. The minimum absolute atomic E-state index is 0.196. The Morgan fingerprint density at radius 2 is 1.96 bits per heavy atom. The van der Waals surface area contributed by atoms with Gasteiger partial charge in [-0.3, -0.25) is 14.5 Å². The second kappa shape index (κ2) is 7.58. The molecular formula is C17H15ClN4O5. The molecule has 1 aliphatic heterocycles. The zero-order valence-electron chi connectivity index (χ0n) is 14.3. The van der Waals surface area contributed by atoms with Crippen LogP contribution in [0.1, 0.15) is 16.2 Å². The van der Waals surface area contributed by atoms with Gasteiger partial charge in [-0.2, -0.15) is 5.10 Å². The summed E-state index contributed by atoms with van der Waals surface area (Å²) in [5, 5.41) is 7.04. The first-order valence-electron chi connectivity index (χ1n) is 7.99. The molecule has 1 aliphatic rings. The Hall–Kier alpha value is -3.20. The van der Waals surface area contributed by atoms with E-state index in [4.69, 9.17) is 16.3 Å². The number of imide groups is 1. The molecule has 3 rings (SSSR count). The molecule has 1 aromatic heterocycles. The number of ether oxygens (including phenoxy) is 1. The van der Waals surface area contributed by atoms with Crippen LogP contribution in [0.15, 0.2) is 35.1 Å². The topological polar surface area (TPSA) is 111 Å². The first kappa shape index (κ1) is 18.6. The molecule has 9 nitrogen and oxygen atoms in total. The fourth-order valence-electron chi connectivity index (χ4n) is 2.52. The second-order valence-electron chi connectivity index (χ2n) is 5.74. The number of carbonyl (C=O) groups is 3. The van der Waals surface area contributed by atoms with Crippen LogP contribution < -0.4 is 10.7 Å². The third-order valence-corrected chi connectivity index (χ3v) is 4.11. The van der Waals surface area contributed by atoms with E-state index >= 15 is 0 Å². The van der Waals surface area contributed by atoms with E-state index < -0.39 is 35.6 Å². The first-order chi connectivity index (χ1) is 12.9. The van der Waals surface area contributed by atoms with Crippen molar-refractivity contribution in [1.82, 2.24) is 20.0 Å². The van der Waals surface area contributed by atoms with E-state index in [2.05, 4.69) is 10.4 Å². The average molecular weight is 391 g/mol. The van der Waals surface area contributed by atoms with Gasteiger partial charge in [0.05, 0.1) is 5.69 Å². The van der Waals surface area contributed by atoms with Crippen molar-refractivity contribution >= 4 is 29.5 Å². The number of carbonyl (C=O) groups excluding carboxylic acids is 3. The Bertz CT molecular complexity index is 970. The van der Waals surface area contributed by atoms with Crippen molar-refractivity contribution in [3.8, 4) is 5.69 Å². The summed E-state index contributed by atoms with van der Waals surface area (Å²) < 4.78 is 6.27. The van der Waals surface area contributed by atoms with Crippen LogP contribution in [-0.2, 0) is 9.53 Å². The quantitative estimate of drug-likeness (QED) is 0.776. The van der Waals surface area contributed by atoms with Crippen LogP contribution in [0.3, 0.4) is 0 Å². The molecule has 0 bridgehead atoms. The summed E-state index contributed by atoms with van der Waals surface area (Å²) in [7, 11) is 0. The third kappa shape index (κ3) is 3.98.